The van der Waals surface area contributed by atoms with Gasteiger partial charge in [0.1, 0.15) is 78.5 Å². The number of carboxylic acids is 5. The van der Waals surface area contributed by atoms with Gasteiger partial charge in [-0.25, -0.2) is 14.8 Å². The first-order valence-electron chi connectivity index (χ1n) is 38.1. The van der Waals surface area contributed by atoms with Crippen LogP contribution in [0.15, 0.2) is 55.4 Å². The third kappa shape index (κ3) is 35.3. The number of aromatic nitrogens is 4. The van der Waals surface area contributed by atoms with Gasteiger partial charge < -0.3 is 121 Å². The fraction of sp³-hybridized carbons (Fsp3) is 0.595. The van der Waals surface area contributed by atoms with Crippen molar-refractivity contribution >= 4 is 107 Å². The molecule has 43 heteroatoms. The Hall–Kier alpha value is -12.0. The van der Waals surface area contributed by atoms with Gasteiger partial charge in [-0.3, -0.25) is 81.5 Å². The maximum absolute atomic E-state index is 14.6. The van der Waals surface area contributed by atoms with Gasteiger partial charge in [0.2, 0.25) is 76.8 Å². The topological polar surface area (TPSA) is 694 Å². The van der Waals surface area contributed by atoms with Crippen LogP contribution in [0.2, 0.25) is 0 Å². The number of nitrogens with zero attached hydrogens (tertiary/aromatic N) is 2. The second-order valence-corrected chi connectivity index (χ2v) is 29.7. The van der Waals surface area contributed by atoms with Gasteiger partial charge in [0.05, 0.1) is 62.4 Å². The normalized spacial score (nSPS) is 15.1. The highest BCUT2D eigenvalue weighted by atomic mass is 16.4. The smallest absolute Gasteiger partial charge is 0.326 e. The number of imidazole rings is 2. The number of amides is 13. The number of H-pyrrole nitrogens is 2. The predicted molar refractivity (Wildman–Crippen MR) is 412 cm³/mol. The van der Waals surface area contributed by atoms with E-state index in [1.54, 1.807) is 65.0 Å². The zero-order valence-electron chi connectivity index (χ0n) is 66.9. The minimum Gasteiger partial charge on any atom is -0.481 e. The molecular weight excluding hydrogens is 1540 g/mol. The van der Waals surface area contributed by atoms with Crippen LogP contribution in [0.4, 0.5) is 0 Å². The highest BCUT2D eigenvalue weighted by molar-refractivity contribution is 6.02. The number of benzene rings is 1. The Morgan fingerprint density at radius 3 is 1.03 bits per heavy atom. The molecule has 0 aliphatic rings. The van der Waals surface area contributed by atoms with Gasteiger partial charge in [-0.2, -0.15) is 0 Å². The van der Waals surface area contributed by atoms with Crippen molar-refractivity contribution in [3.8, 4) is 0 Å². The summed E-state index contributed by atoms with van der Waals surface area (Å²) in [7, 11) is 0. The number of carboxylic acid groups (broad SMARTS) is 5. The Balaban J connectivity index is 1.94. The van der Waals surface area contributed by atoms with Crippen LogP contribution in [-0.2, 0) is 106 Å². The molecule has 0 aliphatic heterocycles. The number of nitrogens with one attached hydrogen (secondary N) is 15. The number of carbonyl (C=O) groups excluding carboxylic acids is 13. The van der Waals surface area contributed by atoms with E-state index in [9.17, 15) is 117 Å². The minimum atomic E-state index is -2.35. The molecule has 0 unspecified atom stereocenters. The fourth-order valence-electron chi connectivity index (χ4n) is 11.6. The molecule has 2 aromatic heterocycles. The summed E-state index contributed by atoms with van der Waals surface area (Å²) in [6.45, 7) is 15.7. The molecule has 0 fully saturated rings. The molecule has 0 spiro atoms. The van der Waals surface area contributed by atoms with Crippen molar-refractivity contribution in [3.63, 3.8) is 0 Å². The summed E-state index contributed by atoms with van der Waals surface area (Å²) >= 11 is 0. The summed E-state index contributed by atoms with van der Waals surface area (Å²) in [5.41, 5.74) is 12.3. The maximum Gasteiger partial charge on any atom is 0.326 e. The SMILES string of the molecule is CC[C@H](C)[C@H](N)C(=O)N[C@@H](CC(C)C)C(=O)N[C@H](C(=O)N[C@@H](CC(C)C)C(=O)N[C@@H](Cc1ccccc1)C(=O)N[C@@H](CC(=O)O)C(=O)N[C@@H](CC(=O)O)C(=O)N[C@@H](CC(=O)O)C(=O)N[C@@H](Cc1c[nH]cn1)C(=O)N[C@@H](CO)C(=O)N[C@@H](CC(=O)O)C(=O)N[C@H](C(=O)N[C@@H](Cc1c[nH]cn1)C(=O)N[C@@H](CCCCN)C(=O)O)C(C)C)C(C)C. The first-order chi connectivity index (χ1) is 55.0. The number of nitrogens with two attached hydrogens (primary N) is 2. The lowest BCUT2D eigenvalue weighted by Gasteiger charge is -2.30. The quantitative estimate of drug-likeness (QED) is 0.0236. The van der Waals surface area contributed by atoms with E-state index in [1.807, 2.05) is 31.4 Å². The molecule has 0 radical (unpaired) electrons. The predicted octanol–water partition coefficient (Wildman–Crippen LogP) is -4.65. The lowest BCUT2D eigenvalue weighted by Crippen LogP contribution is -2.62. The van der Waals surface area contributed by atoms with Gasteiger partial charge in [0.25, 0.3) is 0 Å². The van der Waals surface area contributed by atoms with Crippen molar-refractivity contribution < 1.29 is 117 Å². The van der Waals surface area contributed by atoms with Gasteiger partial charge in [0, 0.05) is 31.7 Å². The summed E-state index contributed by atoms with van der Waals surface area (Å²) in [6, 6.07) is -16.3. The molecule has 2 heterocycles. The Bertz CT molecular complexity index is 3860. The zero-order chi connectivity index (χ0) is 88.1. The van der Waals surface area contributed by atoms with E-state index in [4.69, 9.17) is 11.5 Å². The number of aliphatic hydroxyl groups excluding tert-OH is 1. The van der Waals surface area contributed by atoms with Crippen LogP contribution < -0.4 is 80.6 Å². The Morgan fingerprint density at radius 1 is 0.385 bits per heavy atom. The van der Waals surface area contributed by atoms with E-state index in [0.717, 1.165) is 6.33 Å². The van der Waals surface area contributed by atoms with Crippen molar-refractivity contribution in [3.05, 3.63) is 72.3 Å². The van der Waals surface area contributed by atoms with Crippen LogP contribution in [-0.4, -0.2) is 255 Å². The maximum atomic E-state index is 14.6. The third-order valence-electron chi connectivity index (χ3n) is 18.3. The molecule has 0 bridgehead atoms. The van der Waals surface area contributed by atoms with Gasteiger partial charge in [0.15, 0.2) is 0 Å². The summed E-state index contributed by atoms with van der Waals surface area (Å²) < 4.78 is 0. The molecular formula is C74H113N19O24. The van der Waals surface area contributed by atoms with Gasteiger partial charge >= 0.3 is 29.8 Å². The zero-order valence-corrected chi connectivity index (χ0v) is 66.9. The van der Waals surface area contributed by atoms with Crippen LogP contribution in [0.5, 0.6) is 0 Å². The number of aliphatic carboxylic acids is 5. The Morgan fingerprint density at radius 2 is 0.692 bits per heavy atom. The van der Waals surface area contributed by atoms with Gasteiger partial charge in [-0.15, -0.1) is 0 Å². The highest BCUT2D eigenvalue weighted by Gasteiger charge is 2.41. The van der Waals surface area contributed by atoms with Crippen LogP contribution in [0.3, 0.4) is 0 Å². The fourth-order valence-corrected chi connectivity index (χ4v) is 11.6. The lowest BCUT2D eigenvalue weighted by molar-refractivity contribution is -0.144. The molecule has 0 saturated heterocycles. The average Bonchev–Trinajstić information content (AvgIpc) is 1.40. The summed E-state index contributed by atoms with van der Waals surface area (Å²) in [6.07, 6.45) is -0.186. The molecule has 3 aromatic rings. The van der Waals surface area contributed by atoms with E-state index >= 15 is 0 Å². The van der Waals surface area contributed by atoms with Crippen molar-refractivity contribution in [2.75, 3.05) is 13.2 Å². The minimum absolute atomic E-state index is 0.0178. The molecule has 0 aliphatic carbocycles. The molecule has 117 heavy (non-hydrogen) atoms. The average molecular weight is 1650 g/mol. The molecule has 0 saturated carbocycles. The first kappa shape index (κ1) is 99.2. The second-order valence-electron chi connectivity index (χ2n) is 29.7. The number of hydrogen-bond acceptors (Lipinski definition) is 23. The number of aliphatic hydroxyl groups is 1. The van der Waals surface area contributed by atoms with E-state index in [1.165, 1.54) is 32.6 Å². The molecule has 43 nitrogen and oxygen atoms in total. The summed E-state index contributed by atoms with van der Waals surface area (Å²) in [5, 5.41) is 90.7. The molecule has 25 N–H and O–H groups in total. The number of carbonyl (C=O) groups is 18. The Kier molecular flexibility index (Phi) is 42.1. The van der Waals surface area contributed by atoms with Crippen molar-refractivity contribution in [1.82, 2.24) is 89.1 Å². The second kappa shape index (κ2) is 49.7. The van der Waals surface area contributed by atoms with E-state index in [0.29, 0.717) is 24.8 Å². The summed E-state index contributed by atoms with van der Waals surface area (Å²) in [4.78, 5) is 258. The van der Waals surface area contributed by atoms with Crippen LogP contribution in [0, 0.1) is 29.6 Å². The van der Waals surface area contributed by atoms with Crippen LogP contribution >= 0.6 is 0 Å². The number of aromatic amines is 2. The number of hydrogen-bond donors (Lipinski definition) is 23. The third-order valence-corrected chi connectivity index (χ3v) is 18.3. The van der Waals surface area contributed by atoms with Gasteiger partial charge in [-0.05, 0) is 73.8 Å². The monoisotopic (exact) mass is 1650 g/mol. The number of unbranched alkanes of at least 4 members (excludes halogenated alkanes) is 1. The Labute approximate surface area is 674 Å². The first-order valence-corrected chi connectivity index (χ1v) is 38.1. The number of rotatable bonds is 54. The van der Waals surface area contributed by atoms with Crippen molar-refractivity contribution in [2.45, 2.75) is 237 Å². The van der Waals surface area contributed by atoms with Crippen LogP contribution in [0.1, 0.15) is 150 Å². The molecule has 3 rings (SSSR count). The molecule has 648 valence electrons. The van der Waals surface area contributed by atoms with E-state index in [-0.39, 0.29) is 67.8 Å². The van der Waals surface area contributed by atoms with E-state index in [2.05, 4.69) is 78.4 Å². The standard InChI is InChI=1S/C74H113N19O24/c1-11-39(10)58(76)71(113)88-45(22-36(4)5)68(110)92-59(37(6)7)72(114)89-44(21-35(2)3)61(103)82-46(23-40-17-13-12-14-18-40)62(104)84-50(27-55(97)98)66(108)86-51(28-56(99)100)67(109)85-49(26-54(95)96)65(107)83-47(24-41-30-77-33-79-41)64(106)91-53(32-94)70(112)87-52(29-57(101)102)69(111)93-60(38(8)9)73(115)90-48(25-42-31-78-34-80-42)63(105)81-43(74(116)117)19-15-16-20-75/h12-14,17-18,30-31,33-39,43-53,58-60,94H,11,15-16,19-29,32,75-76H2,1-10H3,(H,77,79)(H,78,80)(H,81,105)(H,82,103)(H,83,107)(H,84,104)(H,85,109)(H,86,108)(H,87,112)(H,88,113)(H,89,114)(H,90,115)(H,91,106)(H,92,110)(H,93,111)(H,95,96)(H,97,98)(H,99,100)(H,101,102)(H,116,117)/t39-,43-,44-,45-,46-,47-,48-,49-,50-,51-,52-,53-,58-,59-,60-/m0/s1. The van der Waals surface area contributed by atoms with E-state index < -0.39 is 242 Å². The highest BCUT2D eigenvalue weighted by Crippen LogP contribution is 2.16. The van der Waals surface area contributed by atoms with Crippen molar-refractivity contribution in [2.24, 2.45) is 41.1 Å². The lowest BCUT2D eigenvalue weighted by atomic mass is 9.96. The largest absolute Gasteiger partial charge is 0.481 e. The molecule has 15 atom stereocenters. The summed E-state index contributed by atoms with van der Waals surface area (Å²) in [5.74, 6) is -26.0. The van der Waals surface area contributed by atoms with Gasteiger partial charge in [-0.1, -0.05) is 106 Å². The molecule has 1 aromatic carbocycles. The van der Waals surface area contributed by atoms with Crippen molar-refractivity contribution in [1.29, 1.82) is 0 Å². The van der Waals surface area contributed by atoms with Crippen LogP contribution in [0.25, 0.3) is 0 Å². The molecule has 13 amide bonds.